The van der Waals surface area contributed by atoms with E-state index in [4.69, 9.17) is 0 Å². The number of nitrogens with zero attached hydrogens (tertiary/aromatic N) is 5. The largest absolute Gasteiger partial charge is 0.256 e. The Morgan fingerprint density at radius 3 is 2.56 bits per heavy atom. The van der Waals surface area contributed by atoms with Crippen LogP contribution in [0.2, 0.25) is 0 Å². The molecule has 0 N–H and O–H groups in total. The average Bonchev–Trinajstić information content (AvgIpc) is 3.08. The third kappa shape index (κ3) is 3.00. The van der Waals surface area contributed by atoms with Gasteiger partial charge in [-0.3, -0.25) is 4.98 Å². The number of hydrogen-bond donors (Lipinski definition) is 0. The van der Waals surface area contributed by atoms with Crippen molar-refractivity contribution in [2.24, 2.45) is 0 Å². The van der Waals surface area contributed by atoms with Gasteiger partial charge in [0, 0.05) is 17.3 Å². The van der Waals surface area contributed by atoms with Gasteiger partial charge < -0.3 is 0 Å². The number of para-hydroxylation sites is 2. The van der Waals surface area contributed by atoms with E-state index in [1.165, 1.54) is 5.56 Å². The zero-order valence-electron chi connectivity index (χ0n) is 14.0. The minimum absolute atomic E-state index is 0.764. The Morgan fingerprint density at radius 2 is 1.72 bits per heavy atom. The molecular weight excluding hydrogens is 330 g/mol. The predicted molar refractivity (Wildman–Crippen MR) is 99.9 cm³/mol. The van der Waals surface area contributed by atoms with Crippen molar-refractivity contribution in [3.63, 3.8) is 0 Å². The molecule has 0 aliphatic carbocycles. The molecule has 4 aromatic rings. The molecule has 25 heavy (non-hydrogen) atoms. The molecular formula is C19H17N5S. The van der Waals surface area contributed by atoms with E-state index in [1.807, 2.05) is 23.0 Å². The number of tetrazole rings is 1. The summed E-state index contributed by atoms with van der Waals surface area (Å²) in [6.45, 7) is 4.15. The zero-order valence-corrected chi connectivity index (χ0v) is 14.9. The average molecular weight is 347 g/mol. The summed E-state index contributed by atoms with van der Waals surface area (Å²) >= 11 is 1.62. The molecule has 0 amide bonds. The second kappa shape index (κ2) is 6.64. The van der Waals surface area contributed by atoms with E-state index in [2.05, 4.69) is 70.8 Å². The molecule has 0 saturated heterocycles. The highest BCUT2D eigenvalue weighted by Gasteiger charge is 2.14. The first kappa shape index (κ1) is 15.8. The van der Waals surface area contributed by atoms with Crippen molar-refractivity contribution in [1.29, 1.82) is 0 Å². The molecule has 2 heterocycles. The van der Waals surface area contributed by atoms with Gasteiger partial charge in [-0.25, -0.2) is 0 Å². The first-order valence-electron chi connectivity index (χ1n) is 8.04. The predicted octanol–water partition coefficient (Wildman–Crippen LogP) is 4.12. The first-order valence-corrected chi connectivity index (χ1v) is 9.03. The van der Waals surface area contributed by atoms with Gasteiger partial charge in [0.15, 0.2) is 0 Å². The quantitative estimate of drug-likeness (QED) is 0.520. The van der Waals surface area contributed by atoms with Gasteiger partial charge in [-0.2, -0.15) is 4.68 Å². The maximum Gasteiger partial charge on any atom is 0.214 e. The van der Waals surface area contributed by atoms with Crippen LogP contribution in [0.5, 0.6) is 0 Å². The highest BCUT2D eigenvalue weighted by molar-refractivity contribution is 7.98. The summed E-state index contributed by atoms with van der Waals surface area (Å²) in [6.07, 6.45) is 1.83. The minimum Gasteiger partial charge on any atom is -0.256 e. The van der Waals surface area contributed by atoms with E-state index in [-0.39, 0.29) is 0 Å². The zero-order chi connectivity index (χ0) is 17.2. The van der Waals surface area contributed by atoms with Crippen LogP contribution < -0.4 is 0 Å². The van der Waals surface area contributed by atoms with Crippen molar-refractivity contribution in [1.82, 2.24) is 25.2 Å². The monoisotopic (exact) mass is 347 g/mol. The van der Waals surface area contributed by atoms with Crippen LogP contribution in [-0.4, -0.2) is 25.2 Å². The molecule has 0 fully saturated rings. The molecule has 0 bridgehead atoms. The van der Waals surface area contributed by atoms with Gasteiger partial charge in [0.05, 0.1) is 11.2 Å². The second-order valence-corrected chi connectivity index (χ2v) is 6.84. The second-order valence-electron chi connectivity index (χ2n) is 5.89. The van der Waals surface area contributed by atoms with Crippen LogP contribution >= 0.6 is 11.8 Å². The van der Waals surface area contributed by atoms with Crippen LogP contribution in [0.15, 0.2) is 59.9 Å². The summed E-state index contributed by atoms with van der Waals surface area (Å²) in [4.78, 5) is 4.52. The van der Waals surface area contributed by atoms with E-state index < -0.39 is 0 Å². The van der Waals surface area contributed by atoms with Gasteiger partial charge >= 0.3 is 0 Å². The van der Waals surface area contributed by atoms with Crippen molar-refractivity contribution in [2.75, 3.05) is 0 Å². The van der Waals surface area contributed by atoms with Gasteiger partial charge in [-0.15, -0.1) is 5.10 Å². The smallest absolute Gasteiger partial charge is 0.214 e. The summed E-state index contributed by atoms with van der Waals surface area (Å²) < 4.78 is 1.83. The molecule has 124 valence electrons. The fourth-order valence-electron chi connectivity index (χ4n) is 2.98. The third-order valence-electron chi connectivity index (χ3n) is 4.17. The van der Waals surface area contributed by atoms with Crippen LogP contribution in [-0.2, 0) is 5.75 Å². The van der Waals surface area contributed by atoms with E-state index >= 15 is 0 Å². The lowest BCUT2D eigenvalue weighted by atomic mass is 10.1. The van der Waals surface area contributed by atoms with Gasteiger partial charge in [-0.05, 0) is 47.0 Å². The molecule has 0 aliphatic heterocycles. The number of benzene rings is 2. The minimum atomic E-state index is 0.764. The summed E-state index contributed by atoms with van der Waals surface area (Å²) in [5.74, 6) is 0.764. The number of aromatic nitrogens is 5. The van der Waals surface area contributed by atoms with Gasteiger partial charge in [0.1, 0.15) is 0 Å². The van der Waals surface area contributed by atoms with E-state index in [9.17, 15) is 0 Å². The van der Waals surface area contributed by atoms with Crippen LogP contribution in [0, 0.1) is 13.8 Å². The topological polar surface area (TPSA) is 56.5 Å². The molecule has 2 aromatic carbocycles. The van der Waals surface area contributed by atoms with E-state index in [0.717, 1.165) is 38.6 Å². The lowest BCUT2D eigenvalue weighted by molar-refractivity contribution is 0.747. The van der Waals surface area contributed by atoms with Crippen molar-refractivity contribution in [2.45, 2.75) is 24.8 Å². The summed E-state index contributed by atoms with van der Waals surface area (Å²) in [6, 6.07) is 16.5. The third-order valence-corrected chi connectivity index (χ3v) is 5.13. The maximum atomic E-state index is 4.52. The van der Waals surface area contributed by atoms with Crippen molar-refractivity contribution in [3.05, 3.63) is 71.4 Å². The molecule has 0 spiro atoms. The molecule has 0 radical (unpaired) electrons. The number of aryl methyl sites for hydroxylation is 2. The summed E-state index contributed by atoms with van der Waals surface area (Å²) in [5.41, 5.74) is 5.57. The normalized spacial score (nSPS) is 11.1. The first-order chi connectivity index (χ1) is 12.2. The fourth-order valence-corrected chi connectivity index (χ4v) is 3.84. The van der Waals surface area contributed by atoms with Crippen molar-refractivity contribution >= 4 is 22.7 Å². The fraction of sp³-hybridized carbons (Fsp3) is 0.158. The van der Waals surface area contributed by atoms with Gasteiger partial charge in [0.25, 0.3) is 0 Å². The van der Waals surface area contributed by atoms with Crippen LogP contribution in [0.3, 0.4) is 0 Å². The Balaban J connectivity index is 1.66. The Morgan fingerprint density at radius 1 is 0.960 bits per heavy atom. The highest BCUT2D eigenvalue weighted by atomic mass is 32.2. The lowest BCUT2D eigenvalue weighted by Crippen LogP contribution is -2.04. The molecule has 5 nitrogen and oxygen atoms in total. The molecule has 0 unspecified atom stereocenters. The number of fused-ring (bicyclic) bond motifs is 1. The summed E-state index contributed by atoms with van der Waals surface area (Å²) in [7, 11) is 0. The number of rotatable bonds is 4. The van der Waals surface area contributed by atoms with Crippen LogP contribution in [0.4, 0.5) is 0 Å². The lowest BCUT2D eigenvalue weighted by Gasteiger charge is -2.11. The Bertz CT molecular complexity index is 1020. The number of hydrogen-bond acceptors (Lipinski definition) is 5. The van der Waals surface area contributed by atoms with Gasteiger partial charge in [-0.1, -0.05) is 54.2 Å². The molecule has 0 aliphatic rings. The van der Waals surface area contributed by atoms with Crippen molar-refractivity contribution < 1.29 is 0 Å². The maximum absolute atomic E-state index is 4.52. The van der Waals surface area contributed by atoms with E-state index in [1.54, 1.807) is 11.8 Å². The molecule has 2 aromatic heterocycles. The van der Waals surface area contributed by atoms with Crippen LogP contribution in [0.25, 0.3) is 16.6 Å². The molecule has 0 saturated carbocycles. The molecule has 4 rings (SSSR count). The van der Waals surface area contributed by atoms with Crippen molar-refractivity contribution in [3.8, 4) is 5.69 Å². The number of pyridine rings is 1. The van der Waals surface area contributed by atoms with E-state index in [0.29, 0.717) is 0 Å². The Labute approximate surface area is 150 Å². The molecule has 6 heteroatoms. The SMILES string of the molecule is Cc1cccc(C)c1-n1nnnc1SCc1cccc2cccnc12. The standard InChI is InChI=1S/C19H17N5S/c1-13-6-3-7-14(2)18(13)24-19(21-22-23-24)25-12-16-9-4-8-15-10-5-11-20-17(15)16/h3-11H,12H2,1-2H3. The highest BCUT2D eigenvalue weighted by Crippen LogP contribution is 2.27. The Hall–Kier alpha value is -2.73. The summed E-state index contributed by atoms with van der Waals surface area (Å²) in [5, 5.41) is 14.2. The van der Waals surface area contributed by atoms with Crippen LogP contribution in [0.1, 0.15) is 16.7 Å². The Kier molecular flexibility index (Phi) is 4.19. The van der Waals surface area contributed by atoms with Gasteiger partial charge in [0.2, 0.25) is 5.16 Å². The molecule has 0 atom stereocenters. The number of thioether (sulfide) groups is 1.